The molecule has 1 aliphatic heterocycles. The summed E-state index contributed by atoms with van der Waals surface area (Å²) in [5.74, 6) is 0.128. The lowest BCUT2D eigenvalue weighted by molar-refractivity contribution is -0.126. The molecule has 1 aromatic rings. The lowest BCUT2D eigenvalue weighted by atomic mass is 10.1. The Balaban J connectivity index is 1.82. The van der Waals surface area contributed by atoms with Crippen LogP contribution < -0.4 is 5.32 Å². The number of carbonyl (C=O) groups excluding carboxylic acids is 1. The highest BCUT2D eigenvalue weighted by Gasteiger charge is 2.24. The summed E-state index contributed by atoms with van der Waals surface area (Å²) in [6, 6.07) is 8.14. The Morgan fingerprint density at radius 1 is 1.24 bits per heavy atom. The van der Waals surface area contributed by atoms with Gasteiger partial charge in [0.05, 0.1) is 6.04 Å². The van der Waals surface area contributed by atoms with E-state index in [0.29, 0.717) is 6.54 Å². The fourth-order valence-electron chi connectivity index (χ4n) is 2.77. The van der Waals surface area contributed by atoms with Crippen molar-refractivity contribution in [2.24, 2.45) is 0 Å². The molecule has 1 aromatic carbocycles. The summed E-state index contributed by atoms with van der Waals surface area (Å²) in [6.45, 7) is 12.1. The summed E-state index contributed by atoms with van der Waals surface area (Å²) in [7, 11) is 0. The molecule has 1 fully saturated rings. The Kier molecular flexibility index (Phi) is 5.76. The van der Waals surface area contributed by atoms with Crippen molar-refractivity contribution in [1.82, 2.24) is 15.1 Å². The van der Waals surface area contributed by atoms with E-state index in [1.807, 2.05) is 19.1 Å². The molecule has 0 radical (unpaired) electrons. The molecule has 21 heavy (non-hydrogen) atoms. The van der Waals surface area contributed by atoms with Gasteiger partial charge in [0.15, 0.2) is 0 Å². The van der Waals surface area contributed by atoms with Crippen molar-refractivity contribution in [1.29, 1.82) is 0 Å². The van der Waals surface area contributed by atoms with Gasteiger partial charge in [-0.15, -0.1) is 0 Å². The molecule has 0 aromatic heterocycles. The van der Waals surface area contributed by atoms with Gasteiger partial charge < -0.3 is 10.2 Å². The molecule has 0 aliphatic carbocycles. The van der Waals surface area contributed by atoms with Gasteiger partial charge >= 0.3 is 0 Å². The van der Waals surface area contributed by atoms with E-state index >= 15 is 0 Å². The Bertz CT molecular complexity index is 467. The molecular formula is C17H27N3O. The van der Waals surface area contributed by atoms with Crippen molar-refractivity contribution in [3.63, 3.8) is 0 Å². The molecule has 0 saturated carbocycles. The van der Waals surface area contributed by atoms with Crippen LogP contribution in [0, 0.1) is 6.92 Å². The molecule has 2 rings (SSSR count). The van der Waals surface area contributed by atoms with Crippen molar-refractivity contribution in [2.75, 3.05) is 32.7 Å². The third kappa shape index (κ3) is 4.29. The number of rotatable bonds is 5. The van der Waals surface area contributed by atoms with Crippen molar-refractivity contribution < 1.29 is 4.79 Å². The van der Waals surface area contributed by atoms with Crippen molar-refractivity contribution in [2.45, 2.75) is 33.4 Å². The lowest BCUT2D eigenvalue weighted by Gasteiger charge is -2.36. The van der Waals surface area contributed by atoms with E-state index < -0.39 is 0 Å². The van der Waals surface area contributed by atoms with Gasteiger partial charge in [-0.1, -0.05) is 31.2 Å². The zero-order chi connectivity index (χ0) is 15.2. The fraction of sp³-hybridized carbons (Fsp3) is 0.588. The Labute approximate surface area is 128 Å². The number of hydrogen-bond donors (Lipinski definition) is 1. The highest BCUT2D eigenvalue weighted by atomic mass is 16.2. The number of piperazine rings is 1. The van der Waals surface area contributed by atoms with E-state index in [-0.39, 0.29) is 11.9 Å². The van der Waals surface area contributed by atoms with Crippen LogP contribution in [0.4, 0.5) is 0 Å². The van der Waals surface area contributed by atoms with E-state index in [2.05, 4.69) is 41.1 Å². The maximum Gasteiger partial charge on any atom is 0.237 e. The number of carbonyl (C=O) groups is 1. The van der Waals surface area contributed by atoms with Gasteiger partial charge in [-0.3, -0.25) is 9.69 Å². The van der Waals surface area contributed by atoms with Gasteiger partial charge in [-0.05, 0) is 31.5 Å². The Morgan fingerprint density at radius 2 is 1.90 bits per heavy atom. The van der Waals surface area contributed by atoms with E-state index in [1.54, 1.807) is 0 Å². The Hall–Kier alpha value is -1.39. The van der Waals surface area contributed by atoms with Crippen LogP contribution in [-0.4, -0.2) is 54.5 Å². The van der Waals surface area contributed by atoms with Crippen LogP contribution in [0.25, 0.3) is 0 Å². The van der Waals surface area contributed by atoms with Crippen molar-refractivity contribution in [3.05, 3.63) is 35.4 Å². The minimum Gasteiger partial charge on any atom is -0.351 e. The number of nitrogens with zero attached hydrogens (tertiary/aromatic N) is 2. The summed E-state index contributed by atoms with van der Waals surface area (Å²) in [5.41, 5.74) is 2.41. The van der Waals surface area contributed by atoms with Crippen LogP contribution in [0.15, 0.2) is 24.3 Å². The van der Waals surface area contributed by atoms with Crippen LogP contribution in [0.1, 0.15) is 25.0 Å². The quantitative estimate of drug-likeness (QED) is 0.895. The molecule has 1 unspecified atom stereocenters. The SMILES string of the molecule is CCN1CCN(C(C)C(=O)NCc2ccccc2C)CC1. The monoisotopic (exact) mass is 289 g/mol. The molecule has 1 atom stereocenters. The van der Waals surface area contributed by atoms with Crippen molar-refractivity contribution in [3.8, 4) is 0 Å². The van der Waals surface area contributed by atoms with Crippen LogP contribution >= 0.6 is 0 Å². The number of nitrogens with one attached hydrogen (secondary N) is 1. The topological polar surface area (TPSA) is 35.6 Å². The number of aryl methyl sites for hydroxylation is 1. The zero-order valence-corrected chi connectivity index (χ0v) is 13.4. The maximum atomic E-state index is 12.3. The van der Waals surface area contributed by atoms with E-state index in [4.69, 9.17) is 0 Å². The summed E-state index contributed by atoms with van der Waals surface area (Å²) in [6.07, 6.45) is 0. The molecule has 4 heteroatoms. The second kappa shape index (κ2) is 7.57. The predicted octanol–water partition coefficient (Wildman–Crippen LogP) is 1.64. The van der Waals surface area contributed by atoms with Gasteiger partial charge in [0.2, 0.25) is 5.91 Å². The lowest BCUT2D eigenvalue weighted by Crippen LogP contribution is -2.53. The van der Waals surface area contributed by atoms with Gasteiger partial charge in [0.25, 0.3) is 0 Å². The highest BCUT2D eigenvalue weighted by Crippen LogP contribution is 2.08. The van der Waals surface area contributed by atoms with Crippen LogP contribution in [0.3, 0.4) is 0 Å². The molecule has 116 valence electrons. The number of amides is 1. The average molecular weight is 289 g/mol. The minimum absolute atomic E-state index is 0.0481. The smallest absolute Gasteiger partial charge is 0.237 e. The molecule has 1 aliphatic rings. The minimum atomic E-state index is -0.0481. The average Bonchev–Trinajstić information content (AvgIpc) is 2.53. The van der Waals surface area contributed by atoms with Gasteiger partial charge in [0.1, 0.15) is 0 Å². The van der Waals surface area contributed by atoms with E-state index in [9.17, 15) is 4.79 Å². The maximum absolute atomic E-state index is 12.3. The van der Waals surface area contributed by atoms with Crippen molar-refractivity contribution >= 4 is 5.91 Å². The molecule has 1 amide bonds. The largest absolute Gasteiger partial charge is 0.351 e. The summed E-state index contributed by atoms with van der Waals surface area (Å²) in [5, 5.41) is 3.07. The normalized spacial score (nSPS) is 18.4. The fourth-order valence-corrected chi connectivity index (χ4v) is 2.77. The third-order valence-corrected chi connectivity index (χ3v) is 4.50. The van der Waals surface area contributed by atoms with Crippen LogP contribution in [0.5, 0.6) is 0 Å². The van der Waals surface area contributed by atoms with Gasteiger partial charge in [0, 0.05) is 32.7 Å². The number of likely N-dealkylation sites (N-methyl/N-ethyl adjacent to an activating group) is 1. The van der Waals surface area contributed by atoms with E-state index in [1.165, 1.54) is 11.1 Å². The van der Waals surface area contributed by atoms with Gasteiger partial charge in [-0.2, -0.15) is 0 Å². The third-order valence-electron chi connectivity index (χ3n) is 4.50. The number of benzene rings is 1. The highest BCUT2D eigenvalue weighted by molar-refractivity contribution is 5.81. The number of hydrogen-bond acceptors (Lipinski definition) is 3. The molecule has 1 saturated heterocycles. The molecule has 0 bridgehead atoms. The van der Waals surface area contributed by atoms with Crippen LogP contribution in [-0.2, 0) is 11.3 Å². The second-order valence-corrected chi connectivity index (χ2v) is 5.79. The first-order valence-corrected chi connectivity index (χ1v) is 7.90. The van der Waals surface area contributed by atoms with Crippen LogP contribution in [0.2, 0.25) is 0 Å². The zero-order valence-electron chi connectivity index (χ0n) is 13.4. The predicted molar refractivity (Wildman–Crippen MR) is 86.2 cm³/mol. The molecular weight excluding hydrogens is 262 g/mol. The first kappa shape index (κ1) is 16.0. The molecule has 1 N–H and O–H groups in total. The molecule has 1 heterocycles. The summed E-state index contributed by atoms with van der Waals surface area (Å²) < 4.78 is 0. The Morgan fingerprint density at radius 3 is 2.52 bits per heavy atom. The van der Waals surface area contributed by atoms with Gasteiger partial charge in [-0.25, -0.2) is 0 Å². The standard InChI is InChI=1S/C17H27N3O/c1-4-19-9-11-20(12-10-19)15(3)17(21)18-13-16-8-6-5-7-14(16)2/h5-8,15H,4,9-13H2,1-3H3,(H,18,21). The molecule has 4 nitrogen and oxygen atoms in total. The first-order chi connectivity index (χ1) is 10.1. The summed E-state index contributed by atoms with van der Waals surface area (Å²) in [4.78, 5) is 17.0. The van der Waals surface area contributed by atoms with E-state index in [0.717, 1.165) is 32.7 Å². The molecule has 0 spiro atoms. The second-order valence-electron chi connectivity index (χ2n) is 5.79. The first-order valence-electron chi connectivity index (χ1n) is 7.90. The summed E-state index contributed by atoms with van der Waals surface area (Å²) >= 11 is 0.